The average Bonchev–Trinajstić information content (AvgIpc) is 2.65. The van der Waals surface area contributed by atoms with Crippen molar-refractivity contribution in [3.8, 4) is 0 Å². The highest BCUT2D eigenvalue weighted by Gasteiger charge is 2.92. The lowest BCUT2D eigenvalue weighted by Crippen LogP contribution is -2.75. The van der Waals surface area contributed by atoms with Gasteiger partial charge in [-0.3, -0.25) is 9.59 Å². The van der Waals surface area contributed by atoms with Crippen molar-refractivity contribution >= 4 is 11.9 Å². The van der Waals surface area contributed by atoms with E-state index in [4.69, 9.17) is 4.74 Å². The summed E-state index contributed by atoms with van der Waals surface area (Å²) in [5, 5.41) is 0. The van der Waals surface area contributed by atoms with Gasteiger partial charge >= 0.3 is 41.5 Å². The number of hydrogen-bond acceptors (Lipinski definition) is 4. The largest absolute Gasteiger partial charge is 0.460 e. The Bertz CT molecular complexity index is 786. The van der Waals surface area contributed by atoms with Crippen molar-refractivity contribution in [2.45, 2.75) is 117 Å². The van der Waals surface area contributed by atoms with E-state index in [1.807, 2.05) is 41.5 Å². The summed E-state index contributed by atoms with van der Waals surface area (Å²) < 4.78 is 128. The van der Waals surface area contributed by atoms with E-state index < -0.39 is 47.4 Å². The fraction of sp³-hybridized carbons (Fsp3) is 0.909. The molecule has 0 saturated heterocycles. The van der Waals surface area contributed by atoms with E-state index in [1.54, 1.807) is 0 Å². The first kappa shape index (κ1) is 33.3. The van der Waals surface area contributed by atoms with Crippen molar-refractivity contribution in [1.29, 1.82) is 0 Å². The third-order valence-corrected chi connectivity index (χ3v) is 5.69. The van der Waals surface area contributed by atoms with Gasteiger partial charge in [0.1, 0.15) is 5.60 Å². The summed E-state index contributed by atoms with van der Waals surface area (Å²) in [7, 11) is 0. The number of hydrogen-bond donors (Lipinski definition) is 0. The zero-order chi connectivity index (χ0) is 28.7. The predicted molar refractivity (Wildman–Crippen MR) is 108 cm³/mol. The quantitative estimate of drug-likeness (QED) is 0.275. The van der Waals surface area contributed by atoms with Crippen molar-refractivity contribution < 1.29 is 58.6 Å². The van der Waals surface area contributed by atoms with Crippen molar-refractivity contribution in [2.24, 2.45) is 10.8 Å². The Morgan fingerprint density at radius 2 is 1.03 bits per heavy atom. The molecular weight excluding hydrogens is 499 g/mol. The van der Waals surface area contributed by atoms with Crippen molar-refractivity contribution in [2.75, 3.05) is 0 Å². The Morgan fingerprint density at radius 3 is 1.37 bits per heavy atom. The maximum atomic E-state index is 14.1. The van der Waals surface area contributed by atoms with Gasteiger partial charge in [0.15, 0.2) is 0 Å². The monoisotopic (exact) mass is 532 g/mol. The highest BCUT2D eigenvalue weighted by atomic mass is 19.4. The molecule has 1 atom stereocenters. The van der Waals surface area contributed by atoms with E-state index >= 15 is 0 Å². The van der Waals surface area contributed by atoms with E-state index in [-0.39, 0.29) is 23.4 Å². The maximum Gasteiger partial charge on any atom is 0.385 e. The molecule has 1 saturated carbocycles. The molecule has 208 valence electrons. The van der Waals surface area contributed by atoms with Crippen LogP contribution in [0.25, 0.3) is 0 Å². The fourth-order valence-electron chi connectivity index (χ4n) is 2.26. The fourth-order valence-corrected chi connectivity index (χ4v) is 2.26. The molecule has 0 aromatic rings. The van der Waals surface area contributed by atoms with Gasteiger partial charge in [-0.2, -0.15) is 39.5 Å². The molecule has 0 heterocycles. The second kappa shape index (κ2) is 9.64. The van der Waals surface area contributed by atoms with E-state index in [0.29, 0.717) is 0 Å². The second-order valence-electron chi connectivity index (χ2n) is 10.7. The van der Waals surface area contributed by atoms with Crippen LogP contribution in [0.3, 0.4) is 0 Å². The van der Waals surface area contributed by atoms with Crippen LogP contribution in [-0.2, 0) is 19.1 Å². The average molecular weight is 532 g/mol. The predicted octanol–water partition coefficient (Wildman–Crippen LogP) is 7.34. The van der Waals surface area contributed by atoms with Crippen molar-refractivity contribution in [1.82, 2.24) is 0 Å². The highest BCUT2D eigenvalue weighted by molar-refractivity contribution is 5.76. The molecule has 1 rings (SSSR count). The molecule has 13 heteroatoms. The number of rotatable bonds is 5. The number of carbonyl (C=O) groups excluding carboxylic acids is 2. The van der Waals surface area contributed by atoms with E-state index in [9.17, 15) is 49.1 Å². The van der Waals surface area contributed by atoms with Crippen LogP contribution in [-0.4, -0.2) is 47.1 Å². The highest BCUT2D eigenvalue weighted by Crippen LogP contribution is 2.64. The topological polar surface area (TPSA) is 52.6 Å². The molecule has 0 aliphatic heterocycles. The number of halogens is 9. The Balaban J connectivity index is 0.000000814. The molecule has 1 unspecified atom stereocenters. The van der Waals surface area contributed by atoms with Gasteiger partial charge in [-0.1, -0.05) is 13.8 Å². The molecule has 35 heavy (non-hydrogen) atoms. The van der Waals surface area contributed by atoms with Crippen LogP contribution < -0.4 is 0 Å². The molecule has 1 aliphatic rings. The zero-order valence-electron chi connectivity index (χ0n) is 21.2. The molecule has 0 aromatic carbocycles. The van der Waals surface area contributed by atoms with Crippen molar-refractivity contribution in [3.05, 3.63) is 0 Å². The molecule has 0 aromatic heterocycles. The van der Waals surface area contributed by atoms with Crippen LogP contribution >= 0.6 is 0 Å². The summed E-state index contributed by atoms with van der Waals surface area (Å²) in [6.45, 7) is 14.9. The van der Waals surface area contributed by atoms with Crippen molar-refractivity contribution in [3.63, 3.8) is 0 Å². The molecule has 0 radical (unpaired) electrons. The smallest absolute Gasteiger partial charge is 0.385 e. The molecule has 4 nitrogen and oxygen atoms in total. The van der Waals surface area contributed by atoms with Gasteiger partial charge in [-0.05, 0) is 61.3 Å². The lowest BCUT2D eigenvalue weighted by atomic mass is 9.81. The summed E-state index contributed by atoms with van der Waals surface area (Å²) in [5.74, 6) is -32.7. The number of alkyl halides is 9. The molecular formula is C22H33F9O4. The summed E-state index contributed by atoms with van der Waals surface area (Å²) in [4.78, 5) is 23.1. The molecule has 0 spiro atoms. The minimum Gasteiger partial charge on any atom is -0.460 e. The van der Waals surface area contributed by atoms with Crippen LogP contribution in [0.15, 0.2) is 0 Å². The zero-order valence-corrected chi connectivity index (χ0v) is 21.2. The Kier molecular flexibility index (Phi) is 9.18. The normalized spacial score (nSPS) is 25.1. The van der Waals surface area contributed by atoms with Crippen LogP contribution in [0.2, 0.25) is 0 Å². The molecule has 1 aliphatic carbocycles. The SMILES string of the molecule is CCC(C)(C)C(=O)OC(C)(C)C.CCC(C)(C)C(=O)OC1(F)CC(F)(F)C(F)(F)C(F)(F)C1(F)F. The second-order valence-corrected chi connectivity index (χ2v) is 10.7. The maximum absolute atomic E-state index is 14.1. The van der Waals surface area contributed by atoms with Gasteiger partial charge in [0.2, 0.25) is 0 Å². The lowest BCUT2D eigenvalue weighted by Gasteiger charge is -2.48. The minimum atomic E-state index is -6.77. The Morgan fingerprint density at radius 1 is 0.657 bits per heavy atom. The van der Waals surface area contributed by atoms with Gasteiger partial charge in [0.05, 0.1) is 17.3 Å². The summed E-state index contributed by atoms with van der Waals surface area (Å²) >= 11 is 0. The number of carbonyl (C=O) groups is 2. The molecule has 0 amide bonds. The van der Waals surface area contributed by atoms with Crippen LogP contribution in [0.1, 0.15) is 81.6 Å². The molecule has 0 bridgehead atoms. The van der Waals surface area contributed by atoms with Gasteiger partial charge in [-0.15, -0.1) is 0 Å². The minimum absolute atomic E-state index is 0.113. The van der Waals surface area contributed by atoms with Crippen LogP contribution in [0.5, 0.6) is 0 Å². The summed E-state index contributed by atoms with van der Waals surface area (Å²) in [6, 6.07) is 0. The van der Waals surface area contributed by atoms with E-state index in [0.717, 1.165) is 20.3 Å². The first-order valence-corrected chi connectivity index (χ1v) is 10.8. The summed E-state index contributed by atoms with van der Waals surface area (Å²) in [5.41, 5.74) is -2.41. The standard InChI is InChI=1S/C12H13F9O2.C10H20O2/c1-4-7(2,3)6(22)23-9(15)5-8(13,14)10(16,17)12(20,21)11(9,18)19;1-7-10(5,6)8(11)12-9(2,3)4/h4-5H2,1-3H3;7H2,1-6H3. The van der Waals surface area contributed by atoms with E-state index in [2.05, 4.69) is 4.74 Å². The Hall–Kier alpha value is -1.69. The van der Waals surface area contributed by atoms with Gasteiger partial charge in [-0.25, -0.2) is 0 Å². The van der Waals surface area contributed by atoms with Gasteiger partial charge < -0.3 is 9.47 Å². The van der Waals surface area contributed by atoms with Crippen LogP contribution in [0.4, 0.5) is 39.5 Å². The molecule has 0 N–H and O–H groups in total. The Labute approximate surface area is 198 Å². The van der Waals surface area contributed by atoms with Gasteiger partial charge in [0.25, 0.3) is 0 Å². The van der Waals surface area contributed by atoms with E-state index in [1.165, 1.54) is 6.92 Å². The van der Waals surface area contributed by atoms with Gasteiger partial charge in [0, 0.05) is 0 Å². The summed E-state index contributed by atoms with van der Waals surface area (Å²) in [6.07, 6.45) is -2.43. The lowest BCUT2D eigenvalue weighted by molar-refractivity contribution is -0.455. The number of esters is 2. The van der Waals surface area contributed by atoms with Crippen LogP contribution in [0, 0.1) is 10.8 Å². The molecule has 1 fully saturated rings. The third-order valence-electron chi connectivity index (χ3n) is 5.69. The number of ether oxygens (including phenoxy) is 2. The third kappa shape index (κ3) is 6.36. The first-order chi connectivity index (χ1) is 15.1. The first-order valence-electron chi connectivity index (χ1n) is 10.8.